The Morgan fingerprint density at radius 3 is 2.49 bits per heavy atom. The highest BCUT2D eigenvalue weighted by atomic mass is 79.9. The zero-order valence-electron chi connectivity index (χ0n) is 18.9. The van der Waals surface area contributed by atoms with E-state index in [9.17, 15) is 0 Å². The van der Waals surface area contributed by atoms with Crippen LogP contribution in [-0.2, 0) is 4.74 Å². The number of allylic oxidation sites excluding steroid dienone is 1. The van der Waals surface area contributed by atoms with Gasteiger partial charge in [-0.05, 0) is 39.0 Å². The van der Waals surface area contributed by atoms with Gasteiger partial charge >= 0.3 is 0 Å². The van der Waals surface area contributed by atoms with E-state index < -0.39 is 0 Å². The van der Waals surface area contributed by atoms with Crippen LogP contribution in [0.25, 0.3) is 16.8 Å². The molecule has 2 N–H and O–H groups in total. The molecule has 35 heavy (non-hydrogen) atoms. The molecule has 4 aromatic rings. The van der Waals surface area contributed by atoms with Gasteiger partial charge < -0.3 is 15.0 Å². The number of ether oxygens (including phenoxy) is 1. The molecule has 0 radical (unpaired) electrons. The minimum atomic E-state index is 0.348. The van der Waals surface area contributed by atoms with Crippen LogP contribution in [0.2, 0.25) is 0 Å². The third-order valence-corrected chi connectivity index (χ3v) is 5.84. The molecule has 1 aliphatic rings. The fourth-order valence-corrected chi connectivity index (χ4v) is 4.09. The van der Waals surface area contributed by atoms with Crippen molar-refractivity contribution < 1.29 is 4.74 Å². The van der Waals surface area contributed by atoms with Gasteiger partial charge in [0.05, 0.1) is 19.4 Å². The van der Waals surface area contributed by atoms with E-state index in [4.69, 9.17) is 4.74 Å². The molecule has 176 valence electrons. The zero-order chi connectivity index (χ0) is 23.9. The Hall–Kier alpha value is -3.82. The van der Waals surface area contributed by atoms with Crippen molar-refractivity contribution >= 4 is 62.5 Å². The second kappa shape index (κ2) is 11.1. The molecular formula is C26H24BrN7O. The lowest BCUT2D eigenvalue weighted by Crippen LogP contribution is -2.37. The predicted molar refractivity (Wildman–Crippen MR) is 146 cm³/mol. The van der Waals surface area contributed by atoms with Gasteiger partial charge in [0.15, 0.2) is 0 Å². The topological polar surface area (TPSA) is 87.6 Å². The predicted octanol–water partition coefficient (Wildman–Crippen LogP) is 5.44. The number of nitrogens with zero attached hydrogens (tertiary/aromatic N) is 5. The molecule has 0 amide bonds. The molecule has 0 spiro atoms. The number of hydrazone groups is 1. The van der Waals surface area contributed by atoms with E-state index in [1.807, 2.05) is 60.7 Å². The number of hydrogen-bond donors (Lipinski definition) is 2. The number of aromatic nitrogens is 3. The van der Waals surface area contributed by atoms with Crippen LogP contribution in [0.15, 0.2) is 82.4 Å². The summed E-state index contributed by atoms with van der Waals surface area (Å²) in [5.41, 5.74) is 4.94. The number of anilines is 4. The highest BCUT2D eigenvalue weighted by Gasteiger charge is 2.17. The summed E-state index contributed by atoms with van der Waals surface area (Å²) < 4.78 is 6.30. The molecule has 8 nitrogen and oxygen atoms in total. The highest BCUT2D eigenvalue weighted by Crippen LogP contribution is 2.26. The maximum atomic E-state index is 5.49. The summed E-state index contributed by atoms with van der Waals surface area (Å²) >= 11 is 3.53. The van der Waals surface area contributed by atoms with E-state index in [0.29, 0.717) is 44.1 Å². The van der Waals surface area contributed by atoms with Crippen molar-refractivity contribution in [1.82, 2.24) is 15.0 Å². The van der Waals surface area contributed by atoms with E-state index in [1.165, 1.54) is 0 Å². The second-order valence-corrected chi connectivity index (χ2v) is 8.76. The summed E-state index contributed by atoms with van der Waals surface area (Å²) in [6, 6.07) is 24.3. The van der Waals surface area contributed by atoms with Gasteiger partial charge in [-0.25, -0.2) is 5.43 Å². The molecule has 5 rings (SSSR count). The Morgan fingerprint density at radius 1 is 0.886 bits per heavy atom. The van der Waals surface area contributed by atoms with Crippen LogP contribution in [0.4, 0.5) is 23.5 Å². The van der Waals surface area contributed by atoms with Crippen molar-refractivity contribution in [1.29, 1.82) is 0 Å². The fourth-order valence-electron chi connectivity index (χ4n) is 3.73. The van der Waals surface area contributed by atoms with Gasteiger partial charge in [-0.1, -0.05) is 66.7 Å². The number of hydrogen-bond acceptors (Lipinski definition) is 8. The van der Waals surface area contributed by atoms with Gasteiger partial charge in [-0.15, -0.1) is 0 Å². The monoisotopic (exact) mass is 529 g/mol. The summed E-state index contributed by atoms with van der Waals surface area (Å²) in [5.74, 6) is 1.36. The second-order valence-electron chi connectivity index (χ2n) is 7.84. The van der Waals surface area contributed by atoms with Crippen LogP contribution in [0, 0.1) is 0 Å². The average molecular weight is 530 g/mol. The van der Waals surface area contributed by atoms with Gasteiger partial charge in [-0.3, -0.25) is 0 Å². The van der Waals surface area contributed by atoms with Gasteiger partial charge in [0.1, 0.15) is 0 Å². The molecule has 1 aromatic heterocycles. The van der Waals surface area contributed by atoms with Crippen molar-refractivity contribution in [3.63, 3.8) is 0 Å². The normalized spacial score (nSPS) is 14.4. The molecule has 9 heteroatoms. The standard InChI is InChI=1S/C26H24BrN7O/c27-21(17-19-7-2-1-3-8-19)18-28-33-25-30-24(31-26(32-25)34-13-15-35-16-14-34)29-23-12-6-10-20-9-4-5-11-22(20)23/h1-12,17-18H,13-16H2,(H2,29,30,31,32,33)/b21-17+,28-18+. The van der Waals surface area contributed by atoms with E-state index in [0.717, 1.165) is 26.5 Å². The molecular weight excluding hydrogens is 506 g/mol. The number of morpholine rings is 1. The molecule has 0 saturated carbocycles. The van der Waals surface area contributed by atoms with E-state index in [-0.39, 0.29) is 0 Å². The maximum absolute atomic E-state index is 5.49. The Bertz CT molecular complexity index is 1350. The van der Waals surface area contributed by atoms with Crippen molar-refractivity contribution in [2.75, 3.05) is 41.9 Å². The van der Waals surface area contributed by atoms with Gasteiger partial charge in [0, 0.05) is 28.6 Å². The maximum Gasteiger partial charge on any atom is 0.250 e. The minimum Gasteiger partial charge on any atom is -0.378 e. The smallest absolute Gasteiger partial charge is 0.250 e. The molecule has 2 heterocycles. The summed E-state index contributed by atoms with van der Waals surface area (Å²) in [7, 11) is 0. The summed E-state index contributed by atoms with van der Waals surface area (Å²) in [5, 5.41) is 9.90. The summed E-state index contributed by atoms with van der Waals surface area (Å²) in [6.07, 6.45) is 3.65. The SMILES string of the molecule is BrC(/C=N/Nc1nc(Nc2cccc3ccccc23)nc(N2CCOCC2)n1)=C/c1ccccc1. The molecule has 3 aromatic carbocycles. The van der Waals surface area contributed by atoms with E-state index >= 15 is 0 Å². The van der Waals surface area contributed by atoms with Crippen LogP contribution in [0.5, 0.6) is 0 Å². The number of fused-ring (bicyclic) bond motifs is 1. The third kappa shape index (κ3) is 6.00. The number of rotatable bonds is 7. The van der Waals surface area contributed by atoms with Crippen LogP contribution < -0.4 is 15.6 Å². The lowest BCUT2D eigenvalue weighted by atomic mass is 10.1. The van der Waals surface area contributed by atoms with Gasteiger partial charge in [0.25, 0.3) is 0 Å². The van der Waals surface area contributed by atoms with Crippen LogP contribution in [0.3, 0.4) is 0 Å². The number of nitrogens with one attached hydrogen (secondary N) is 2. The minimum absolute atomic E-state index is 0.348. The van der Waals surface area contributed by atoms with E-state index in [1.54, 1.807) is 6.21 Å². The van der Waals surface area contributed by atoms with Crippen molar-refractivity contribution in [3.05, 3.63) is 82.8 Å². The third-order valence-electron chi connectivity index (χ3n) is 5.41. The molecule has 0 bridgehead atoms. The Kier molecular flexibility index (Phi) is 7.26. The molecule has 1 aliphatic heterocycles. The van der Waals surface area contributed by atoms with Crippen LogP contribution in [0.1, 0.15) is 5.56 Å². The lowest BCUT2D eigenvalue weighted by Gasteiger charge is -2.27. The molecule has 0 unspecified atom stereocenters. The van der Waals surface area contributed by atoms with Crippen molar-refractivity contribution in [2.45, 2.75) is 0 Å². The highest BCUT2D eigenvalue weighted by molar-refractivity contribution is 9.12. The first-order chi connectivity index (χ1) is 17.2. The van der Waals surface area contributed by atoms with Crippen molar-refractivity contribution in [2.24, 2.45) is 5.10 Å². The largest absolute Gasteiger partial charge is 0.378 e. The molecule has 1 saturated heterocycles. The first-order valence-electron chi connectivity index (χ1n) is 11.3. The van der Waals surface area contributed by atoms with Crippen LogP contribution >= 0.6 is 15.9 Å². The van der Waals surface area contributed by atoms with Gasteiger partial charge in [0.2, 0.25) is 17.8 Å². The van der Waals surface area contributed by atoms with Crippen LogP contribution in [-0.4, -0.2) is 47.5 Å². The van der Waals surface area contributed by atoms with E-state index in [2.05, 4.69) is 69.8 Å². The lowest BCUT2D eigenvalue weighted by molar-refractivity contribution is 0.122. The molecule has 0 atom stereocenters. The molecule has 1 fully saturated rings. The number of benzene rings is 3. The summed E-state index contributed by atoms with van der Waals surface area (Å²) in [6.45, 7) is 2.70. The Balaban J connectivity index is 1.40. The Morgan fingerprint density at radius 2 is 1.63 bits per heavy atom. The first kappa shape index (κ1) is 22.9. The average Bonchev–Trinajstić information content (AvgIpc) is 2.90. The first-order valence-corrected chi connectivity index (χ1v) is 12.1. The number of halogens is 1. The Labute approximate surface area is 211 Å². The fraction of sp³-hybridized carbons (Fsp3) is 0.154. The zero-order valence-corrected chi connectivity index (χ0v) is 20.5. The summed E-state index contributed by atoms with van der Waals surface area (Å²) in [4.78, 5) is 15.9. The van der Waals surface area contributed by atoms with Crippen molar-refractivity contribution in [3.8, 4) is 0 Å². The van der Waals surface area contributed by atoms with Gasteiger partial charge in [-0.2, -0.15) is 20.1 Å². The molecule has 0 aliphatic carbocycles. The quantitative estimate of drug-likeness (QED) is 0.243.